The van der Waals surface area contributed by atoms with Crippen molar-refractivity contribution in [3.05, 3.63) is 195 Å². The summed E-state index contributed by atoms with van der Waals surface area (Å²) in [5, 5.41) is 22.7. The molecule has 1 saturated heterocycles. The van der Waals surface area contributed by atoms with E-state index in [0.717, 1.165) is 22.4 Å². The van der Waals surface area contributed by atoms with Crippen LogP contribution in [-0.2, 0) is 17.4 Å². The monoisotopic (exact) mass is 802 g/mol. The van der Waals surface area contributed by atoms with Crippen LogP contribution >= 0.6 is 23.2 Å². The van der Waals surface area contributed by atoms with Gasteiger partial charge in [0.15, 0.2) is 0 Å². The Morgan fingerprint density at radius 1 is 0.825 bits per heavy atom. The molecule has 0 radical (unpaired) electrons. The van der Waals surface area contributed by atoms with E-state index in [1.54, 1.807) is 18.2 Å². The quantitative estimate of drug-likeness (QED) is 0.125. The highest BCUT2D eigenvalue weighted by atomic mass is 35.5. The molecule has 4 atom stereocenters. The van der Waals surface area contributed by atoms with Crippen LogP contribution in [0.1, 0.15) is 73.0 Å². The summed E-state index contributed by atoms with van der Waals surface area (Å²) in [5.41, 5.74) is 1.74. The number of hydrogen-bond donors (Lipinski definition) is 1. The maximum absolute atomic E-state index is 16.3. The summed E-state index contributed by atoms with van der Waals surface area (Å²) in [4.78, 5) is 7.06. The largest absolute Gasteiger partial charge is 0.395 e. The summed E-state index contributed by atoms with van der Waals surface area (Å²) in [6.45, 7) is 6.24. The number of imidazole rings is 1. The number of nitriles is 1. The Morgan fingerprint density at radius 3 is 1.95 bits per heavy atom. The van der Waals surface area contributed by atoms with Crippen LogP contribution in [0.4, 0.5) is 8.78 Å². The van der Waals surface area contributed by atoms with Crippen molar-refractivity contribution in [3.8, 4) is 6.07 Å². The fraction of sp³-hybridized carbons (Fsp3) is 0.292. The minimum absolute atomic E-state index is 0.105. The van der Waals surface area contributed by atoms with Gasteiger partial charge in [0.1, 0.15) is 22.6 Å². The van der Waals surface area contributed by atoms with Crippen molar-refractivity contribution in [1.82, 2.24) is 14.5 Å². The number of likely N-dealkylation sites (tertiary alicyclic amines) is 1. The molecular formula is C48H46Cl2F2N4O. The molecule has 1 aliphatic heterocycles. The third-order valence-electron chi connectivity index (χ3n) is 11.5. The molecule has 1 aliphatic rings. The smallest absolute Gasteiger partial charge is 0.145 e. The molecule has 0 saturated carbocycles. The van der Waals surface area contributed by atoms with Gasteiger partial charge in [-0.05, 0) is 71.7 Å². The highest BCUT2D eigenvalue weighted by Gasteiger charge is 2.62. The van der Waals surface area contributed by atoms with Crippen LogP contribution < -0.4 is 0 Å². The standard InChI is InChI=1S/C48H46Cl2F2N4O/c1-46(2,3)28-43-47(31-53,39-25-24-36(49)27-41(39)51)44(38-22-13-23-40(50)45(38)52)42(30-57)56(43)26-14-21-37-29-55(32-54-37)48(33-15-7-4-8-16-33,34-17-9-5-10-18-34)35-19-11-6-12-20-35/h4-13,15-20,22-25,27,29,32,42-44,57H,14,21,26,28,30H2,1-3H3/t42-,43-,44-,47-/m0/s1. The normalized spacial score (nSPS) is 20.1. The molecule has 0 bridgehead atoms. The number of aliphatic hydroxyl groups is 1. The summed E-state index contributed by atoms with van der Waals surface area (Å²) >= 11 is 12.6. The second kappa shape index (κ2) is 16.6. The summed E-state index contributed by atoms with van der Waals surface area (Å²) in [6.07, 6.45) is 5.61. The van der Waals surface area contributed by atoms with Crippen molar-refractivity contribution < 1.29 is 13.9 Å². The fourth-order valence-corrected chi connectivity index (χ4v) is 9.62. The van der Waals surface area contributed by atoms with Crippen molar-refractivity contribution in [1.29, 1.82) is 5.26 Å². The van der Waals surface area contributed by atoms with Crippen LogP contribution in [0.2, 0.25) is 10.0 Å². The van der Waals surface area contributed by atoms with E-state index in [4.69, 9.17) is 28.2 Å². The second-order valence-electron chi connectivity index (χ2n) is 16.2. The van der Waals surface area contributed by atoms with E-state index < -0.39 is 47.2 Å². The number of aryl methyl sites for hydroxylation is 1. The molecule has 1 N–H and O–H groups in total. The number of nitrogens with zero attached hydrogens (tertiary/aromatic N) is 4. The molecule has 5 nitrogen and oxygen atoms in total. The Kier molecular flexibility index (Phi) is 11.7. The van der Waals surface area contributed by atoms with E-state index in [9.17, 15) is 10.4 Å². The maximum atomic E-state index is 16.3. The Morgan fingerprint density at radius 2 is 1.42 bits per heavy atom. The minimum Gasteiger partial charge on any atom is -0.395 e. The van der Waals surface area contributed by atoms with Gasteiger partial charge in [-0.2, -0.15) is 5.26 Å². The molecule has 7 rings (SSSR count). The van der Waals surface area contributed by atoms with Crippen LogP contribution in [-0.4, -0.2) is 44.8 Å². The van der Waals surface area contributed by atoms with Gasteiger partial charge in [0, 0.05) is 34.8 Å². The highest BCUT2D eigenvalue weighted by molar-refractivity contribution is 6.31. The minimum atomic E-state index is -1.61. The summed E-state index contributed by atoms with van der Waals surface area (Å²) in [7, 11) is 0. The van der Waals surface area contributed by atoms with Gasteiger partial charge in [-0.15, -0.1) is 0 Å². The summed E-state index contributed by atoms with van der Waals surface area (Å²) < 4.78 is 34.6. The summed E-state index contributed by atoms with van der Waals surface area (Å²) in [6, 6.07) is 41.3. The number of aliphatic hydroxyl groups excluding tert-OH is 1. The van der Waals surface area contributed by atoms with Gasteiger partial charge in [-0.1, -0.05) is 153 Å². The average molecular weight is 804 g/mol. The molecule has 2 heterocycles. The lowest BCUT2D eigenvalue weighted by Gasteiger charge is -2.39. The number of aromatic nitrogens is 2. The molecular weight excluding hydrogens is 757 g/mol. The zero-order valence-corrected chi connectivity index (χ0v) is 33.8. The van der Waals surface area contributed by atoms with E-state index in [-0.39, 0.29) is 26.6 Å². The van der Waals surface area contributed by atoms with Crippen molar-refractivity contribution in [2.75, 3.05) is 13.2 Å². The molecule has 0 aliphatic carbocycles. The van der Waals surface area contributed by atoms with Gasteiger partial charge >= 0.3 is 0 Å². The summed E-state index contributed by atoms with van der Waals surface area (Å²) in [5.74, 6) is -2.30. The Bertz CT molecular complexity index is 2250. The molecule has 5 aromatic carbocycles. The van der Waals surface area contributed by atoms with Crippen molar-refractivity contribution in [2.45, 2.75) is 69.0 Å². The molecule has 0 unspecified atom stereocenters. The molecule has 0 amide bonds. The van der Waals surface area contributed by atoms with Gasteiger partial charge in [0.2, 0.25) is 0 Å². The predicted octanol–water partition coefficient (Wildman–Crippen LogP) is 11.0. The van der Waals surface area contributed by atoms with Gasteiger partial charge in [-0.3, -0.25) is 4.90 Å². The Labute approximate surface area is 344 Å². The first-order valence-electron chi connectivity index (χ1n) is 19.3. The molecule has 57 heavy (non-hydrogen) atoms. The molecule has 1 fully saturated rings. The SMILES string of the molecule is CC(C)(C)C[C@@H]1N(CCCc2cn(C(c3ccccc3)(c3ccccc3)c3ccccc3)cn2)[C@@H](CO)[C@H](c2cccc(Cl)c2F)[C@@]1(C#N)c1ccc(Cl)cc1F. The van der Waals surface area contributed by atoms with E-state index >= 15 is 8.78 Å². The van der Waals surface area contributed by atoms with Crippen LogP contribution in [0.3, 0.4) is 0 Å². The van der Waals surface area contributed by atoms with Gasteiger partial charge in [0.25, 0.3) is 0 Å². The first-order chi connectivity index (χ1) is 27.4. The van der Waals surface area contributed by atoms with Crippen LogP contribution in [0.25, 0.3) is 0 Å². The Hall–Kier alpha value is -4.84. The van der Waals surface area contributed by atoms with Crippen molar-refractivity contribution in [2.24, 2.45) is 5.41 Å². The van der Waals surface area contributed by atoms with Gasteiger partial charge in [-0.25, -0.2) is 13.8 Å². The number of benzene rings is 5. The zero-order chi connectivity index (χ0) is 40.4. The number of halogens is 4. The first kappa shape index (κ1) is 40.4. The van der Waals surface area contributed by atoms with Crippen LogP contribution in [0.15, 0.2) is 140 Å². The van der Waals surface area contributed by atoms with E-state index in [2.05, 4.69) is 115 Å². The predicted molar refractivity (Wildman–Crippen MR) is 223 cm³/mol. The van der Waals surface area contributed by atoms with Crippen molar-refractivity contribution in [3.63, 3.8) is 0 Å². The van der Waals surface area contributed by atoms with Crippen LogP contribution in [0, 0.1) is 28.4 Å². The fourth-order valence-electron chi connectivity index (χ4n) is 9.28. The molecule has 292 valence electrons. The number of rotatable bonds is 12. The average Bonchev–Trinajstić information content (AvgIpc) is 3.78. The third-order valence-corrected chi connectivity index (χ3v) is 12.1. The topological polar surface area (TPSA) is 65.1 Å². The zero-order valence-electron chi connectivity index (χ0n) is 32.3. The molecule has 1 aromatic heterocycles. The lowest BCUT2D eigenvalue weighted by Crippen LogP contribution is -2.47. The maximum Gasteiger partial charge on any atom is 0.145 e. The van der Waals surface area contributed by atoms with E-state index in [0.29, 0.717) is 25.8 Å². The lowest BCUT2D eigenvalue weighted by molar-refractivity contribution is 0.0981. The third kappa shape index (κ3) is 7.41. The van der Waals surface area contributed by atoms with Crippen molar-refractivity contribution >= 4 is 23.2 Å². The first-order valence-corrected chi connectivity index (χ1v) is 20.1. The van der Waals surface area contributed by atoms with Gasteiger partial charge < -0.3 is 9.67 Å². The lowest BCUT2D eigenvalue weighted by atomic mass is 9.62. The van der Waals surface area contributed by atoms with E-state index in [1.165, 1.54) is 18.2 Å². The van der Waals surface area contributed by atoms with Gasteiger partial charge in [0.05, 0.1) is 29.7 Å². The van der Waals surface area contributed by atoms with Crippen LogP contribution in [0.5, 0.6) is 0 Å². The highest BCUT2D eigenvalue weighted by Crippen LogP contribution is 2.56. The second-order valence-corrected chi connectivity index (χ2v) is 17.0. The number of hydrogen-bond acceptors (Lipinski definition) is 4. The molecule has 6 aromatic rings. The molecule has 0 spiro atoms. The Balaban J connectivity index is 1.30. The van der Waals surface area contributed by atoms with E-state index in [1.807, 2.05) is 24.5 Å². The molecule has 9 heteroatoms.